The van der Waals surface area contributed by atoms with Gasteiger partial charge in [-0.15, -0.1) is 0 Å². The van der Waals surface area contributed by atoms with Crippen LogP contribution in [0.25, 0.3) is 0 Å². The largest absolute Gasteiger partial charge is 0.493 e. The van der Waals surface area contributed by atoms with E-state index >= 15 is 0 Å². The summed E-state index contributed by atoms with van der Waals surface area (Å²) in [4.78, 5) is 12.5. The van der Waals surface area contributed by atoms with Gasteiger partial charge in [0.05, 0.1) is 25.5 Å². The molecule has 0 fully saturated rings. The molecule has 0 saturated carbocycles. The Bertz CT molecular complexity index is 849. The van der Waals surface area contributed by atoms with Crippen LogP contribution in [0.4, 0.5) is 4.39 Å². The number of rotatable bonds is 5. The van der Waals surface area contributed by atoms with Gasteiger partial charge in [-0.2, -0.15) is 5.10 Å². The van der Waals surface area contributed by atoms with Crippen LogP contribution in [-0.4, -0.2) is 36.4 Å². The first kappa shape index (κ1) is 17.9. The summed E-state index contributed by atoms with van der Waals surface area (Å²) in [6.45, 7) is 4.34. The number of nitrogens with zero attached hydrogens (tertiary/aromatic N) is 2. The molecule has 6 heteroatoms. The molecule has 1 aliphatic heterocycles. The molecular formula is C20H21FN2O3. The van der Waals surface area contributed by atoms with Crippen LogP contribution in [-0.2, 0) is 0 Å². The zero-order valence-corrected chi connectivity index (χ0v) is 15.0. The third-order valence-electron chi connectivity index (χ3n) is 3.97. The number of hydrogen-bond donors (Lipinski definition) is 0. The highest BCUT2D eigenvalue weighted by molar-refractivity contribution is 6.04. The summed E-state index contributed by atoms with van der Waals surface area (Å²) in [7, 11) is 1.59. The van der Waals surface area contributed by atoms with E-state index in [1.54, 1.807) is 13.2 Å². The van der Waals surface area contributed by atoms with Crippen molar-refractivity contribution in [1.29, 1.82) is 0 Å². The van der Waals surface area contributed by atoms with E-state index in [0.717, 1.165) is 11.3 Å². The van der Waals surface area contributed by atoms with Crippen LogP contribution in [0.5, 0.6) is 11.5 Å². The second kappa shape index (κ2) is 7.56. The molecule has 136 valence electrons. The predicted octanol–water partition coefficient (Wildman–Crippen LogP) is 3.87. The molecule has 0 atom stereocenters. The maximum atomic E-state index is 13.3. The Balaban J connectivity index is 1.84. The highest BCUT2D eigenvalue weighted by Gasteiger charge is 2.23. The Hall–Kier alpha value is -2.89. The summed E-state index contributed by atoms with van der Waals surface area (Å²) >= 11 is 0. The predicted molar refractivity (Wildman–Crippen MR) is 97.3 cm³/mol. The number of halogens is 1. The molecule has 1 amide bonds. The molecule has 1 aliphatic rings. The van der Waals surface area contributed by atoms with Crippen molar-refractivity contribution in [3.05, 3.63) is 59.4 Å². The fourth-order valence-electron chi connectivity index (χ4n) is 2.78. The zero-order valence-electron chi connectivity index (χ0n) is 15.0. The van der Waals surface area contributed by atoms with Crippen LogP contribution >= 0.6 is 0 Å². The van der Waals surface area contributed by atoms with Gasteiger partial charge in [0.1, 0.15) is 5.82 Å². The number of carbonyl (C=O) groups excluding carboxylic acids is 1. The Morgan fingerprint density at radius 3 is 2.69 bits per heavy atom. The van der Waals surface area contributed by atoms with Crippen molar-refractivity contribution in [2.45, 2.75) is 26.4 Å². The van der Waals surface area contributed by atoms with Crippen molar-refractivity contribution >= 4 is 11.6 Å². The van der Waals surface area contributed by atoms with E-state index < -0.39 is 5.82 Å². The lowest BCUT2D eigenvalue weighted by Crippen LogP contribution is -2.23. The molecule has 0 aliphatic carbocycles. The summed E-state index contributed by atoms with van der Waals surface area (Å²) in [5, 5.41) is 5.79. The van der Waals surface area contributed by atoms with E-state index in [1.807, 2.05) is 32.0 Å². The third-order valence-corrected chi connectivity index (χ3v) is 3.97. The summed E-state index contributed by atoms with van der Waals surface area (Å²) in [6, 6.07) is 11.2. The molecule has 0 aromatic heterocycles. The van der Waals surface area contributed by atoms with Gasteiger partial charge in [0.25, 0.3) is 5.91 Å². The van der Waals surface area contributed by atoms with Gasteiger partial charge in [-0.25, -0.2) is 9.40 Å². The second-order valence-electron chi connectivity index (χ2n) is 6.27. The smallest absolute Gasteiger partial charge is 0.274 e. The van der Waals surface area contributed by atoms with Gasteiger partial charge in [-0.3, -0.25) is 4.79 Å². The van der Waals surface area contributed by atoms with Crippen LogP contribution in [0.2, 0.25) is 0 Å². The van der Waals surface area contributed by atoms with E-state index in [0.29, 0.717) is 24.5 Å². The number of carbonyl (C=O) groups is 1. The van der Waals surface area contributed by atoms with Gasteiger partial charge >= 0.3 is 0 Å². The second-order valence-corrected chi connectivity index (χ2v) is 6.27. The highest BCUT2D eigenvalue weighted by atomic mass is 19.1. The fraction of sp³-hybridized carbons (Fsp3) is 0.300. The van der Waals surface area contributed by atoms with Crippen molar-refractivity contribution in [2.24, 2.45) is 5.10 Å². The Kier molecular flexibility index (Phi) is 5.21. The van der Waals surface area contributed by atoms with Crippen LogP contribution < -0.4 is 9.47 Å². The van der Waals surface area contributed by atoms with Crippen LogP contribution in [0.3, 0.4) is 0 Å². The summed E-state index contributed by atoms with van der Waals surface area (Å²) in [6.07, 6.45) is 0.629. The first-order valence-corrected chi connectivity index (χ1v) is 8.48. The van der Waals surface area contributed by atoms with Crippen molar-refractivity contribution in [1.82, 2.24) is 5.01 Å². The minimum absolute atomic E-state index is 0.00993. The molecule has 26 heavy (non-hydrogen) atoms. The number of hydrazone groups is 1. The molecule has 0 spiro atoms. The molecule has 0 unspecified atom stereocenters. The topological polar surface area (TPSA) is 51.1 Å². The molecule has 1 heterocycles. The van der Waals surface area contributed by atoms with Crippen LogP contribution in [0.15, 0.2) is 47.6 Å². The molecule has 3 rings (SSSR count). The summed E-state index contributed by atoms with van der Waals surface area (Å²) in [5.41, 5.74) is 1.94. The molecule has 0 bridgehead atoms. The normalized spacial score (nSPS) is 13.7. The molecule has 0 radical (unpaired) electrons. The van der Waals surface area contributed by atoms with Crippen molar-refractivity contribution in [3.63, 3.8) is 0 Å². The Morgan fingerprint density at radius 2 is 2.00 bits per heavy atom. The van der Waals surface area contributed by atoms with Crippen LogP contribution in [0.1, 0.15) is 36.2 Å². The maximum absolute atomic E-state index is 13.3. The SMILES string of the molecule is COc1ccc(C2=NN(C(=O)c3cccc(F)c3)CC2)cc1OC(C)C. The Labute approximate surface area is 152 Å². The molecule has 2 aromatic carbocycles. The Morgan fingerprint density at radius 1 is 1.19 bits per heavy atom. The fourth-order valence-corrected chi connectivity index (χ4v) is 2.78. The van der Waals surface area contributed by atoms with Crippen LogP contribution in [0, 0.1) is 5.82 Å². The van der Waals surface area contributed by atoms with Gasteiger partial charge in [-0.1, -0.05) is 6.07 Å². The lowest BCUT2D eigenvalue weighted by molar-refractivity contribution is 0.0778. The average Bonchev–Trinajstić information content (AvgIpc) is 3.10. The quantitative estimate of drug-likeness (QED) is 0.817. The highest BCUT2D eigenvalue weighted by Crippen LogP contribution is 2.30. The monoisotopic (exact) mass is 356 g/mol. The van der Waals surface area contributed by atoms with E-state index in [1.165, 1.54) is 23.2 Å². The van der Waals surface area contributed by atoms with Crippen molar-refractivity contribution in [2.75, 3.05) is 13.7 Å². The van der Waals surface area contributed by atoms with Gasteiger partial charge < -0.3 is 9.47 Å². The molecule has 0 saturated heterocycles. The van der Waals surface area contributed by atoms with E-state index in [9.17, 15) is 9.18 Å². The lowest BCUT2D eigenvalue weighted by atomic mass is 10.1. The number of ether oxygens (including phenoxy) is 2. The summed E-state index contributed by atoms with van der Waals surface area (Å²) in [5.74, 6) is 0.530. The lowest BCUT2D eigenvalue weighted by Gasteiger charge is -2.14. The van der Waals surface area contributed by atoms with Gasteiger partial charge in [0, 0.05) is 17.5 Å². The number of hydrogen-bond acceptors (Lipinski definition) is 4. The third kappa shape index (κ3) is 3.85. The standard InChI is InChI=1S/C20H21FN2O3/c1-13(2)26-19-12-14(7-8-18(19)25-3)17-9-10-23(22-17)20(24)15-5-4-6-16(21)11-15/h4-8,11-13H,9-10H2,1-3H3. The van der Waals surface area contributed by atoms with Crippen molar-refractivity contribution < 1.29 is 18.7 Å². The minimum Gasteiger partial charge on any atom is -0.493 e. The molecular weight excluding hydrogens is 335 g/mol. The van der Waals surface area contributed by atoms with Gasteiger partial charge in [-0.05, 0) is 50.2 Å². The first-order valence-electron chi connectivity index (χ1n) is 8.48. The van der Waals surface area contributed by atoms with Gasteiger partial charge in [0.2, 0.25) is 0 Å². The van der Waals surface area contributed by atoms with E-state index in [4.69, 9.17) is 9.47 Å². The minimum atomic E-state index is -0.440. The average molecular weight is 356 g/mol. The molecule has 0 N–H and O–H groups in total. The number of amides is 1. The molecule has 2 aromatic rings. The number of benzene rings is 2. The van der Waals surface area contributed by atoms with E-state index in [2.05, 4.69) is 5.10 Å². The van der Waals surface area contributed by atoms with Crippen molar-refractivity contribution in [3.8, 4) is 11.5 Å². The maximum Gasteiger partial charge on any atom is 0.274 e. The van der Waals surface area contributed by atoms with Gasteiger partial charge in [0.15, 0.2) is 11.5 Å². The first-order chi connectivity index (χ1) is 12.5. The summed E-state index contributed by atoms with van der Waals surface area (Å²) < 4.78 is 24.5. The molecule has 5 nitrogen and oxygen atoms in total. The van der Waals surface area contributed by atoms with E-state index in [-0.39, 0.29) is 17.6 Å². The number of methoxy groups -OCH3 is 1. The zero-order chi connectivity index (χ0) is 18.7.